The molecule has 0 saturated carbocycles. The molecule has 0 amide bonds. The number of hydrogen-bond donors (Lipinski definition) is 0. The highest BCUT2D eigenvalue weighted by Gasteiger charge is 2.44. The van der Waals surface area contributed by atoms with Crippen molar-refractivity contribution in [1.82, 2.24) is 5.01 Å². The maximum Gasteiger partial charge on any atom is 0.209 e. The van der Waals surface area contributed by atoms with Crippen molar-refractivity contribution in [2.45, 2.75) is 25.0 Å². The third-order valence-electron chi connectivity index (χ3n) is 5.91. The Hall–Kier alpha value is -2.86. The van der Waals surface area contributed by atoms with Crippen LogP contribution in [0.2, 0.25) is 0 Å². The number of hydrazine groups is 1. The molecule has 2 atom stereocenters. The lowest BCUT2D eigenvalue weighted by molar-refractivity contribution is -0.704. The molecule has 1 aliphatic heterocycles. The molecule has 0 spiro atoms. The van der Waals surface area contributed by atoms with Gasteiger partial charge in [-0.2, -0.15) is 5.01 Å². The van der Waals surface area contributed by atoms with E-state index in [2.05, 4.69) is 123 Å². The number of nitrogens with zero attached hydrogens (tertiary/aromatic N) is 2. The first kappa shape index (κ1) is 20.1. The number of furan rings is 1. The summed E-state index contributed by atoms with van der Waals surface area (Å²) < 4.78 is 9.08. The molecule has 2 unspecified atom stereocenters. The standard InChI is InChI=1S/C27H24IN2O/c28-25-14-8-7-13-24(25)19-30-27(23-11-5-2-6-12-23)17-26(22-9-3-1-4-10-22)29(30)18-21-15-16-31-20-21/h1-16,18,20,26-27H,17,19H2/q+1/b29-18+. The molecule has 1 aromatic heterocycles. The molecule has 1 aliphatic rings. The molecule has 1 saturated heterocycles. The van der Waals surface area contributed by atoms with Gasteiger partial charge in [0, 0.05) is 15.6 Å². The van der Waals surface area contributed by atoms with Crippen LogP contribution in [0.1, 0.15) is 40.8 Å². The predicted octanol–water partition coefficient (Wildman–Crippen LogP) is 6.62. The molecule has 0 bridgehead atoms. The number of hydrogen-bond acceptors (Lipinski definition) is 2. The lowest BCUT2D eigenvalue weighted by atomic mass is 9.97. The van der Waals surface area contributed by atoms with Crippen molar-refractivity contribution in [3.05, 3.63) is 129 Å². The lowest BCUT2D eigenvalue weighted by Gasteiger charge is -2.23. The fourth-order valence-electron chi connectivity index (χ4n) is 4.39. The minimum atomic E-state index is 0.252. The largest absolute Gasteiger partial charge is 0.472 e. The van der Waals surface area contributed by atoms with Gasteiger partial charge in [0.05, 0.1) is 18.4 Å². The predicted molar refractivity (Wildman–Crippen MR) is 132 cm³/mol. The monoisotopic (exact) mass is 519 g/mol. The Balaban J connectivity index is 1.63. The van der Waals surface area contributed by atoms with Gasteiger partial charge in [-0.25, -0.2) is 0 Å². The molecule has 0 aliphatic carbocycles. The third kappa shape index (κ3) is 4.30. The fourth-order valence-corrected chi connectivity index (χ4v) is 4.94. The Labute approximate surface area is 196 Å². The number of benzene rings is 3. The second kappa shape index (κ2) is 9.10. The normalized spacial score (nSPS) is 19.8. The zero-order valence-electron chi connectivity index (χ0n) is 17.1. The van der Waals surface area contributed by atoms with Crippen LogP contribution in [0.25, 0.3) is 0 Å². The van der Waals surface area contributed by atoms with E-state index in [0.29, 0.717) is 0 Å². The summed E-state index contributed by atoms with van der Waals surface area (Å²) in [5, 5.41) is 2.51. The molecule has 0 radical (unpaired) electrons. The molecule has 5 rings (SSSR count). The highest BCUT2D eigenvalue weighted by atomic mass is 127. The van der Waals surface area contributed by atoms with Crippen molar-refractivity contribution in [1.29, 1.82) is 0 Å². The van der Waals surface area contributed by atoms with Crippen molar-refractivity contribution >= 4 is 28.8 Å². The van der Waals surface area contributed by atoms with Gasteiger partial charge in [-0.05, 0) is 45.9 Å². The first-order chi connectivity index (χ1) is 15.3. The van der Waals surface area contributed by atoms with Crippen LogP contribution in [0.15, 0.2) is 108 Å². The molecule has 154 valence electrons. The molecule has 4 heteroatoms. The van der Waals surface area contributed by atoms with E-state index in [1.54, 1.807) is 6.26 Å². The first-order valence-electron chi connectivity index (χ1n) is 10.5. The average molecular weight is 519 g/mol. The second-order valence-corrected chi connectivity index (χ2v) is 9.01. The topological polar surface area (TPSA) is 19.4 Å². The van der Waals surface area contributed by atoms with Crippen LogP contribution in [-0.2, 0) is 6.54 Å². The summed E-state index contributed by atoms with van der Waals surface area (Å²) >= 11 is 2.44. The Kier molecular flexibility index (Phi) is 5.89. The second-order valence-electron chi connectivity index (χ2n) is 7.84. The quantitative estimate of drug-likeness (QED) is 0.218. The van der Waals surface area contributed by atoms with E-state index in [1.165, 1.54) is 20.3 Å². The van der Waals surface area contributed by atoms with Gasteiger partial charge >= 0.3 is 0 Å². The molecular weight excluding hydrogens is 495 g/mol. The van der Waals surface area contributed by atoms with Crippen molar-refractivity contribution in [2.75, 3.05) is 0 Å². The molecule has 3 nitrogen and oxygen atoms in total. The smallest absolute Gasteiger partial charge is 0.209 e. The van der Waals surface area contributed by atoms with Gasteiger partial charge in [-0.3, -0.25) is 0 Å². The Morgan fingerprint density at radius 3 is 2.23 bits per heavy atom. The summed E-state index contributed by atoms with van der Waals surface area (Å²) in [5.41, 5.74) is 5.08. The van der Waals surface area contributed by atoms with Gasteiger partial charge < -0.3 is 4.42 Å². The summed E-state index contributed by atoms with van der Waals surface area (Å²) in [4.78, 5) is 0. The minimum Gasteiger partial charge on any atom is -0.472 e. The summed E-state index contributed by atoms with van der Waals surface area (Å²) in [6.07, 6.45) is 6.78. The van der Waals surface area contributed by atoms with Crippen LogP contribution < -0.4 is 0 Å². The highest BCUT2D eigenvalue weighted by Crippen LogP contribution is 2.42. The lowest BCUT2D eigenvalue weighted by Crippen LogP contribution is -2.32. The van der Waals surface area contributed by atoms with Crippen LogP contribution >= 0.6 is 22.6 Å². The number of hydrazone groups is 1. The molecule has 1 fully saturated rings. The Morgan fingerprint density at radius 2 is 1.55 bits per heavy atom. The van der Waals surface area contributed by atoms with Gasteiger partial charge in [-0.15, -0.1) is 4.68 Å². The van der Waals surface area contributed by atoms with Crippen LogP contribution in [0, 0.1) is 3.57 Å². The minimum absolute atomic E-state index is 0.252. The number of rotatable bonds is 5. The van der Waals surface area contributed by atoms with Crippen LogP contribution in [0.5, 0.6) is 0 Å². The maximum atomic E-state index is 5.37. The van der Waals surface area contributed by atoms with E-state index in [1.807, 2.05) is 12.3 Å². The molecular formula is C27H24IN2O+. The van der Waals surface area contributed by atoms with Gasteiger partial charge in [0.2, 0.25) is 12.3 Å². The van der Waals surface area contributed by atoms with Gasteiger partial charge in [0.25, 0.3) is 0 Å². The molecule has 4 aromatic rings. The van der Waals surface area contributed by atoms with Crippen molar-refractivity contribution in [2.24, 2.45) is 0 Å². The van der Waals surface area contributed by atoms with Crippen LogP contribution in [0.3, 0.4) is 0 Å². The van der Waals surface area contributed by atoms with E-state index >= 15 is 0 Å². The van der Waals surface area contributed by atoms with Crippen molar-refractivity contribution < 1.29 is 9.10 Å². The van der Waals surface area contributed by atoms with Crippen LogP contribution in [0.4, 0.5) is 0 Å². The zero-order chi connectivity index (χ0) is 21.0. The van der Waals surface area contributed by atoms with E-state index in [-0.39, 0.29) is 12.1 Å². The summed E-state index contributed by atoms with van der Waals surface area (Å²) in [6, 6.07) is 32.9. The van der Waals surface area contributed by atoms with Gasteiger partial charge in [-0.1, -0.05) is 78.9 Å². The van der Waals surface area contributed by atoms with E-state index in [4.69, 9.17) is 4.42 Å². The summed E-state index contributed by atoms with van der Waals surface area (Å²) in [6.45, 7) is 0.844. The number of halogens is 1. The third-order valence-corrected chi connectivity index (χ3v) is 6.96. The van der Waals surface area contributed by atoms with E-state index in [9.17, 15) is 0 Å². The Morgan fingerprint density at radius 1 is 0.871 bits per heavy atom. The molecule has 31 heavy (non-hydrogen) atoms. The molecule has 3 aromatic carbocycles. The van der Waals surface area contributed by atoms with Gasteiger partial charge in [0.1, 0.15) is 12.3 Å². The molecule has 2 heterocycles. The van der Waals surface area contributed by atoms with Crippen molar-refractivity contribution in [3.63, 3.8) is 0 Å². The summed E-state index contributed by atoms with van der Waals surface area (Å²) in [5.74, 6) is 0. The maximum absolute atomic E-state index is 5.37. The summed E-state index contributed by atoms with van der Waals surface area (Å²) in [7, 11) is 0. The van der Waals surface area contributed by atoms with E-state index in [0.717, 1.165) is 18.5 Å². The zero-order valence-corrected chi connectivity index (χ0v) is 19.3. The Bertz CT molecular complexity index is 1160. The van der Waals surface area contributed by atoms with Crippen LogP contribution in [-0.4, -0.2) is 15.9 Å². The SMILES string of the molecule is Ic1ccccc1CN1C(c2ccccc2)CC(c2ccccc2)/[N+]1=C\c1ccoc1. The fraction of sp³-hybridized carbons (Fsp3) is 0.148. The van der Waals surface area contributed by atoms with E-state index < -0.39 is 0 Å². The van der Waals surface area contributed by atoms with Gasteiger partial charge in [0.15, 0.2) is 0 Å². The van der Waals surface area contributed by atoms with Crippen molar-refractivity contribution in [3.8, 4) is 0 Å². The average Bonchev–Trinajstić information content (AvgIpc) is 3.45. The highest BCUT2D eigenvalue weighted by molar-refractivity contribution is 14.1. The molecule has 0 N–H and O–H groups in total. The first-order valence-corrected chi connectivity index (χ1v) is 11.6.